The molecule has 25 heavy (non-hydrogen) atoms. The van der Waals surface area contributed by atoms with Crippen LogP contribution in [0.1, 0.15) is 21.5 Å². The topological polar surface area (TPSA) is 59.8 Å². The van der Waals surface area contributed by atoms with Gasteiger partial charge in [-0.15, -0.1) is 0 Å². The van der Waals surface area contributed by atoms with Crippen LogP contribution in [0.4, 0.5) is 18.9 Å². The summed E-state index contributed by atoms with van der Waals surface area (Å²) in [7, 11) is 0. The Balaban J connectivity index is 1.88. The Morgan fingerprint density at radius 3 is 2.52 bits per heavy atom. The standard InChI is InChI=1S/C17H13F3N4O/c18-17(19,20)14-7-3-2-6-13(14)16(25)23-15-8-4-1-5-12(15)9-24-11-21-10-22-24/h1-8,10-11H,9H2,(H,23,25). The number of halogens is 3. The zero-order valence-electron chi connectivity index (χ0n) is 12.9. The number of alkyl halides is 3. The van der Waals surface area contributed by atoms with Gasteiger partial charge in [0.25, 0.3) is 5.91 Å². The summed E-state index contributed by atoms with van der Waals surface area (Å²) < 4.78 is 40.8. The fraction of sp³-hybridized carbons (Fsp3) is 0.118. The normalized spacial score (nSPS) is 11.3. The van der Waals surface area contributed by atoms with Crippen molar-refractivity contribution in [2.24, 2.45) is 0 Å². The second kappa shape index (κ2) is 6.76. The largest absolute Gasteiger partial charge is 0.417 e. The Bertz CT molecular complexity index is 876. The summed E-state index contributed by atoms with van der Waals surface area (Å²) >= 11 is 0. The molecule has 8 heteroatoms. The van der Waals surface area contributed by atoms with E-state index in [1.807, 2.05) is 0 Å². The number of anilines is 1. The maximum atomic E-state index is 13.1. The Kier molecular flexibility index (Phi) is 4.51. The van der Waals surface area contributed by atoms with Crippen molar-refractivity contribution < 1.29 is 18.0 Å². The number of carbonyl (C=O) groups excluding carboxylic acids is 1. The Morgan fingerprint density at radius 1 is 1.08 bits per heavy atom. The van der Waals surface area contributed by atoms with Crippen LogP contribution >= 0.6 is 0 Å². The molecule has 0 atom stereocenters. The van der Waals surface area contributed by atoms with E-state index >= 15 is 0 Å². The molecule has 0 spiro atoms. The highest BCUT2D eigenvalue weighted by molar-refractivity contribution is 6.05. The number of nitrogens with one attached hydrogen (secondary N) is 1. The first-order valence-electron chi connectivity index (χ1n) is 7.33. The summed E-state index contributed by atoms with van der Waals surface area (Å²) in [5.41, 5.74) is -0.280. The minimum atomic E-state index is -4.60. The van der Waals surface area contributed by atoms with E-state index in [4.69, 9.17) is 0 Å². The Hall–Kier alpha value is -3.16. The predicted molar refractivity (Wildman–Crippen MR) is 85.0 cm³/mol. The molecule has 1 amide bonds. The summed E-state index contributed by atoms with van der Waals surface area (Å²) in [6, 6.07) is 11.5. The molecular weight excluding hydrogens is 333 g/mol. The molecule has 0 saturated carbocycles. The number of benzene rings is 2. The molecule has 1 heterocycles. The van der Waals surface area contributed by atoms with Crippen molar-refractivity contribution in [2.45, 2.75) is 12.7 Å². The van der Waals surface area contributed by atoms with Crippen LogP contribution in [-0.2, 0) is 12.7 Å². The average molecular weight is 346 g/mol. The van der Waals surface area contributed by atoms with Crippen molar-refractivity contribution in [1.29, 1.82) is 0 Å². The molecule has 0 unspecified atom stereocenters. The first-order chi connectivity index (χ1) is 11.9. The number of rotatable bonds is 4. The quantitative estimate of drug-likeness (QED) is 0.785. The highest BCUT2D eigenvalue weighted by atomic mass is 19.4. The van der Waals surface area contributed by atoms with E-state index in [1.165, 1.54) is 24.8 Å². The minimum Gasteiger partial charge on any atom is -0.322 e. The van der Waals surface area contributed by atoms with Gasteiger partial charge in [0.05, 0.1) is 17.7 Å². The van der Waals surface area contributed by atoms with E-state index in [1.54, 1.807) is 28.9 Å². The fourth-order valence-corrected chi connectivity index (χ4v) is 2.39. The molecule has 0 bridgehead atoms. The lowest BCUT2D eigenvalue weighted by molar-refractivity contribution is -0.137. The second-order valence-electron chi connectivity index (χ2n) is 5.25. The van der Waals surface area contributed by atoms with Crippen molar-refractivity contribution in [3.63, 3.8) is 0 Å². The minimum absolute atomic E-state index is 0.331. The molecule has 1 aromatic heterocycles. The van der Waals surface area contributed by atoms with Crippen LogP contribution in [0, 0.1) is 0 Å². The molecular formula is C17H13F3N4O. The second-order valence-corrected chi connectivity index (χ2v) is 5.25. The average Bonchev–Trinajstić information content (AvgIpc) is 3.09. The van der Waals surface area contributed by atoms with Gasteiger partial charge in [0.2, 0.25) is 0 Å². The van der Waals surface area contributed by atoms with Gasteiger partial charge in [0, 0.05) is 5.69 Å². The van der Waals surface area contributed by atoms with E-state index in [0.717, 1.165) is 12.1 Å². The molecule has 0 aliphatic rings. The van der Waals surface area contributed by atoms with Crippen LogP contribution in [0.5, 0.6) is 0 Å². The smallest absolute Gasteiger partial charge is 0.322 e. The summed E-state index contributed by atoms with van der Waals surface area (Å²) in [5.74, 6) is -0.820. The number of hydrogen-bond donors (Lipinski definition) is 1. The number of hydrogen-bond acceptors (Lipinski definition) is 3. The third kappa shape index (κ3) is 3.85. The molecule has 1 N–H and O–H groups in total. The summed E-state index contributed by atoms with van der Waals surface area (Å²) in [5, 5.41) is 6.53. The predicted octanol–water partition coefficient (Wildman–Crippen LogP) is 3.60. The van der Waals surface area contributed by atoms with Crippen molar-refractivity contribution >= 4 is 11.6 Å². The van der Waals surface area contributed by atoms with Gasteiger partial charge >= 0.3 is 6.18 Å². The van der Waals surface area contributed by atoms with E-state index in [9.17, 15) is 18.0 Å². The molecule has 0 aliphatic carbocycles. The Labute approximate surface area is 141 Å². The van der Waals surface area contributed by atoms with Gasteiger partial charge < -0.3 is 5.32 Å². The lowest BCUT2D eigenvalue weighted by atomic mass is 10.1. The van der Waals surface area contributed by atoms with Gasteiger partial charge in [0.1, 0.15) is 12.7 Å². The van der Waals surface area contributed by atoms with Crippen LogP contribution in [0.15, 0.2) is 61.2 Å². The number of nitrogens with zero attached hydrogens (tertiary/aromatic N) is 3. The maximum Gasteiger partial charge on any atom is 0.417 e. The number of aromatic nitrogens is 3. The summed E-state index contributed by atoms with van der Waals surface area (Å²) in [6.45, 7) is 0.331. The van der Waals surface area contributed by atoms with Gasteiger partial charge in [-0.05, 0) is 23.8 Å². The van der Waals surface area contributed by atoms with E-state index in [2.05, 4.69) is 15.4 Å². The molecule has 3 rings (SSSR count). The molecule has 0 saturated heterocycles. The zero-order chi connectivity index (χ0) is 17.9. The molecule has 0 radical (unpaired) electrons. The first kappa shape index (κ1) is 16.7. The lowest BCUT2D eigenvalue weighted by Crippen LogP contribution is -2.19. The highest BCUT2D eigenvalue weighted by Gasteiger charge is 2.34. The molecule has 0 aliphatic heterocycles. The van der Waals surface area contributed by atoms with Gasteiger partial charge in [-0.2, -0.15) is 18.3 Å². The molecule has 128 valence electrons. The van der Waals surface area contributed by atoms with Crippen molar-refractivity contribution in [3.8, 4) is 0 Å². The zero-order valence-corrected chi connectivity index (χ0v) is 12.9. The van der Waals surface area contributed by atoms with Crippen molar-refractivity contribution in [2.75, 3.05) is 5.32 Å². The maximum absolute atomic E-state index is 13.1. The van der Waals surface area contributed by atoms with Crippen LogP contribution in [0.25, 0.3) is 0 Å². The van der Waals surface area contributed by atoms with E-state index in [0.29, 0.717) is 17.8 Å². The van der Waals surface area contributed by atoms with Crippen molar-refractivity contribution in [3.05, 3.63) is 77.9 Å². The summed E-state index contributed by atoms with van der Waals surface area (Å²) in [4.78, 5) is 16.2. The Morgan fingerprint density at radius 2 is 1.80 bits per heavy atom. The van der Waals surface area contributed by atoms with Gasteiger partial charge in [-0.1, -0.05) is 30.3 Å². The number of carbonyl (C=O) groups is 1. The van der Waals surface area contributed by atoms with Crippen LogP contribution in [0.2, 0.25) is 0 Å². The molecule has 5 nitrogen and oxygen atoms in total. The van der Waals surface area contributed by atoms with E-state index < -0.39 is 23.2 Å². The SMILES string of the molecule is O=C(Nc1ccccc1Cn1cncn1)c1ccccc1C(F)(F)F. The van der Waals surface area contributed by atoms with Gasteiger partial charge in [0.15, 0.2) is 0 Å². The molecule has 0 fully saturated rings. The number of amides is 1. The van der Waals surface area contributed by atoms with E-state index in [-0.39, 0.29) is 0 Å². The van der Waals surface area contributed by atoms with Crippen LogP contribution in [0.3, 0.4) is 0 Å². The highest BCUT2D eigenvalue weighted by Crippen LogP contribution is 2.32. The fourth-order valence-electron chi connectivity index (χ4n) is 2.39. The van der Waals surface area contributed by atoms with Crippen molar-refractivity contribution in [1.82, 2.24) is 14.8 Å². The van der Waals surface area contributed by atoms with Gasteiger partial charge in [-0.3, -0.25) is 4.79 Å². The molecule has 3 aromatic rings. The van der Waals surface area contributed by atoms with Crippen LogP contribution in [-0.4, -0.2) is 20.7 Å². The third-order valence-corrected chi connectivity index (χ3v) is 3.54. The van der Waals surface area contributed by atoms with Gasteiger partial charge in [-0.25, -0.2) is 9.67 Å². The van der Waals surface area contributed by atoms with Crippen LogP contribution < -0.4 is 5.32 Å². The first-order valence-corrected chi connectivity index (χ1v) is 7.33. The monoisotopic (exact) mass is 346 g/mol. The molecule has 2 aromatic carbocycles. The summed E-state index contributed by atoms with van der Waals surface area (Å²) in [6.07, 6.45) is -1.72. The third-order valence-electron chi connectivity index (χ3n) is 3.54. The lowest BCUT2D eigenvalue weighted by Gasteiger charge is -2.14. The number of para-hydroxylation sites is 1.